The van der Waals surface area contributed by atoms with Gasteiger partial charge in [0.25, 0.3) is 11.8 Å². The molecule has 1 heterocycles. The van der Waals surface area contributed by atoms with Crippen molar-refractivity contribution in [1.29, 1.82) is 0 Å². The standard InChI is InChI=1S/C19H14N2O4S/c1-11-5-2-3-6-12(11)10-15-16(22)20-19(26)21(17(15)23)14-8-4-7-13(9-14)18(24)25/h2-10H,1H3,(H,24,25)(H,20,22,26). The van der Waals surface area contributed by atoms with Gasteiger partial charge in [-0.25, -0.2) is 4.79 Å². The molecule has 0 atom stereocenters. The van der Waals surface area contributed by atoms with E-state index in [1.165, 1.54) is 24.3 Å². The van der Waals surface area contributed by atoms with Crippen molar-refractivity contribution in [3.8, 4) is 0 Å². The molecule has 0 saturated carbocycles. The van der Waals surface area contributed by atoms with Crippen molar-refractivity contribution in [2.24, 2.45) is 0 Å². The van der Waals surface area contributed by atoms with Crippen LogP contribution in [0.1, 0.15) is 21.5 Å². The molecule has 3 rings (SSSR count). The van der Waals surface area contributed by atoms with E-state index in [9.17, 15) is 14.4 Å². The summed E-state index contributed by atoms with van der Waals surface area (Å²) in [5, 5.41) is 11.5. The number of carbonyl (C=O) groups excluding carboxylic acids is 2. The molecule has 0 unspecified atom stereocenters. The van der Waals surface area contributed by atoms with E-state index >= 15 is 0 Å². The van der Waals surface area contributed by atoms with Crippen molar-refractivity contribution in [3.05, 3.63) is 70.8 Å². The number of benzene rings is 2. The Morgan fingerprint density at radius 2 is 1.88 bits per heavy atom. The summed E-state index contributed by atoms with van der Waals surface area (Å²) in [4.78, 5) is 37.5. The largest absolute Gasteiger partial charge is 0.478 e. The van der Waals surface area contributed by atoms with Crippen LogP contribution in [0.3, 0.4) is 0 Å². The number of carboxylic acid groups (broad SMARTS) is 1. The Bertz CT molecular complexity index is 981. The van der Waals surface area contributed by atoms with Crippen molar-refractivity contribution < 1.29 is 19.5 Å². The van der Waals surface area contributed by atoms with Crippen molar-refractivity contribution >= 4 is 46.9 Å². The third-order valence-electron chi connectivity index (χ3n) is 3.94. The summed E-state index contributed by atoms with van der Waals surface area (Å²) >= 11 is 5.11. The topological polar surface area (TPSA) is 86.7 Å². The van der Waals surface area contributed by atoms with Crippen molar-refractivity contribution in [2.45, 2.75) is 6.92 Å². The van der Waals surface area contributed by atoms with E-state index in [1.54, 1.807) is 12.1 Å². The van der Waals surface area contributed by atoms with Crippen LogP contribution in [0.5, 0.6) is 0 Å². The van der Waals surface area contributed by atoms with Gasteiger partial charge in [0.15, 0.2) is 5.11 Å². The minimum absolute atomic E-state index is 0.0134. The summed E-state index contributed by atoms with van der Waals surface area (Å²) in [5.41, 5.74) is 1.86. The van der Waals surface area contributed by atoms with Crippen molar-refractivity contribution in [3.63, 3.8) is 0 Å². The summed E-state index contributed by atoms with van der Waals surface area (Å²) in [7, 11) is 0. The minimum atomic E-state index is -1.12. The van der Waals surface area contributed by atoms with E-state index in [1.807, 2.05) is 25.1 Å². The van der Waals surface area contributed by atoms with E-state index in [2.05, 4.69) is 5.32 Å². The summed E-state index contributed by atoms with van der Waals surface area (Å²) in [6.07, 6.45) is 1.50. The monoisotopic (exact) mass is 366 g/mol. The minimum Gasteiger partial charge on any atom is -0.478 e. The lowest BCUT2D eigenvalue weighted by atomic mass is 10.0. The first-order valence-corrected chi connectivity index (χ1v) is 8.10. The summed E-state index contributed by atoms with van der Waals surface area (Å²) in [5.74, 6) is -2.32. The van der Waals surface area contributed by atoms with Gasteiger partial charge < -0.3 is 5.11 Å². The first-order chi connectivity index (χ1) is 12.4. The van der Waals surface area contributed by atoms with E-state index in [-0.39, 0.29) is 21.9 Å². The van der Waals surface area contributed by atoms with Gasteiger partial charge in [-0.1, -0.05) is 30.3 Å². The molecular formula is C19H14N2O4S. The number of nitrogens with one attached hydrogen (secondary N) is 1. The maximum absolute atomic E-state index is 12.9. The molecule has 1 aliphatic rings. The third-order valence-corrected chi connectivity index (χ3v) is 4.23. The average Bonchev–Trinajstić information content (AvgIpc) is 2.60. The van der Waals surface area contributed by atoms with Gasteiger partial charge in [-0.05, 0) is 54.5 Å². The fraction of sp³-hybridized carbons (Fsp3) is 0.0526. The summed E-state index contributed by atoms with van der Waals surface area (Å²) in [6.45, 7) is 1.87. The molecule has 7 heteroatoms. The van der Waals surface area contributed by atoms with Gasteiger partial charge in [0, 0.05) is 0 Å². The molecular weight excluding hydrogens is 352 g/mol. The highest BCUT2D eigenvalue weighted by Crippen LogP contribution is 2.23. The molecule has 2 aromatic rings. The highest BCUT2D eigenvalue weighted by atomic mass is 32.1. The Morgan fingerprint density at radius 1 is 1.15 bits per heavy atom. The Hall–Kier alpha value is -3.32. The molecule has 26 heavy (non-hydrogen) atoms. The molecule has 0 aromatic heterocycles. The fourth-order valence-electron chi connectivity index (χ4n) is 2.57. The number of hydrogen-bond donors (Lipinski definition) is 2. The van der Waals surface area contributed by atoms with Gasteiger partial charge in [-0.2, -0.15) is 0 Å². The second kappa shape index (κ2) is 6.89. The molecule has 1 saturated heterocycles. The maximum atomic E-state index is 12.9. The molecule has 6 nitrogen and oxygen atoms in total. The van der Waals surface area contributed by atoms with Crippen molar-refractivity contribution in [1.82, 2.24) is 5.32 Å². The van der Waals surface area contributed by atoms with Gasteiger partial charge in [0.05, 0.1) is 11.3 Å². The first-order valence-electron chi connectivity index (χ1n) is 7.69. The predicted octanol–water partition coefficient (Wildman–Crippen LogP) is 2.52. The Kier molecular flexibility index (Phi) is 4.64. The number of hydrogen-bond acceptors (Lipinski definition) is 4. The quantitative estimate of drug-likeness (QED) is 0.495. The van der Waals surface area contributed by atoms with E-state index < -0.39 is 17.8 Å². The number of nitrogens with zero attached hydrogens (tertiary/aromatic N) is 1. The van der Waals surface area contributed by atoms with Gasteiger partial charge in [-0.15, -0.1) is 0 Å². The van der Waals surface area contributed by atoms with Crippen LogP contribution in [0, 0.1) is 6.92 Å². The number of anilines is 1. The number of amides is 2. The second-order valence-corrected chi connectivity index (χ2v) is 6.06. The lowest BCUT2D eigenvalue weighted by molar-refractivity contribution is -0.122. The molecule has 0 bridgehead atoms. The molecule has 130 valence electrons. The number of aromatic carboxylic acids is 1. The first kappa shape index (κ1) is 17.5. The Morgan fingerprint density at radius 3 is 2.58 bits per heavy atom. The Balaban J connectivity index is 2.05. The number of aryl methyl sites for hydroxylation is 1. The molecule has 1 fully saturated rings. The van der Waals surface area contributed by atoms with Crippen LogP contribution in [0.4, 0.5) is 5.69 Å². The number of carboxylic acids is 1. The molecule has 0 aliphatic carbocycles. The number of carbonyl (C=O) groups is 3. The highest BCUT2D eigenvalue weighted by molar-refractivity contribution is 7.80. The molecule has 1 aliphatic heterocycles. The SMILES string of the molecule is Cc1ccccc1C=C1C(=O)NC(=S)N(c2cccc(C(=O)O)c2)C1=O. The number of rotatable bonds is 3. The number of thiocarbonyl (C=S) groups is 1. The van der Waals surface area contributed by atoms with Crippen LogP contribution in [-0.2, 0) is 9.59 Å². The smallest absolute Gasteiger partial charge is 0.335 e. The zero-order valence-corrected chi connectivity index (χ0v) is 14.5. The van der Waals surface area contributed by atoms with E-state index in [4.69, 9.17) is 17.3 Å². The van der Waals surface area contributed by atoms with Crippen LogP contribution >= 0.6 is 12.2 Å². The second-order valence-electron chi connectivity index (χ2n) is 5.67. The normalized spacial score (nSPS) is 16.0. The van der Waals surface area contributed by atoms with Crippen LogP contribution in [-0.4, -0.2) is 28.0 Å². The van der Waals surface area contributed by atoms with Crippen molar-refractivity contribution in [2.75, 3.05) is 4.90 Å². The fourth-order valence-corrected chi connectivity index (χ4v) is 2.86. The zero-order chi connectivity index (χ0) is 18.8. The van der Waals surface area contributed by atoms with Gasteiger partial charge >= 0.3 is 5.97 Å². The molecule has 0 spiro atoms. The molecule has 0 radical (unpaired) electrons. The predicted molar refractivity (Wildman–Crippen MR) is 101 cm³/mol. The Labute approximate surface area is 154 Å². The average molecular weight is 366 g/mol. The molecule has 2 amide bonds. The zero-order valence-electron chi connectivity index (χ0n) is 13.7. The van der Waals surface area contributed by atoms with Crippen LogP contribution in [0.2, 0.25) is 0 Å². The third kappa shape index (κ3) is 3.25. The highest BCUT2D eigenvalue weighted by Gasteiger charge is 2.34. The lowest BCUT2D eigenvalue weighted by Crippen LogP contribution is -2.54. The van der Waals surface area contributed by atoms with Crippen LogP contribution in [0.25, 0.3) is 6.08 Å². The summed E-state index contributed by atoms with van der Waals surface area (Å²) < 4.78 is 0. The van der Waals surface area contributed by atoms with E-state index in [0.29, 0.717) is 0 Å². The van der Waals surface area contributed by atoms with E-state index in [0.717, 1.165) is 16.0 Å². The van der Waals surface area contributed by atoms with Gasteiger partial charge in [-0.3, -0.25) is 19.8 Å². The van der Waals surface area contributed by atoms with Gasteiger partial charge in [0.1, 0.15) is 5.57 Å². The summed E-state index contributed by atoms with van der Waals surface area (Å²) in [6, 6.07) is 13.1. The van der Waals surface area contributed by atoms with Crippen LogP contribution in [0.15, 0.2) is 54.1 Å². The van der Waals surface area contributed by atoms with Gasteiger partial charge in [0.2, 0.25) is 0 Å². The van der Waals surface area contributed by atoms with Crippen LogP contribution < -0.4 is 10.2 Å². The lowest BCUT2D eigenvalue weighted by Gasteiger charge is -2.29. The molecule has 2 aromatic carbocycles. The molecule has 2 N–H and O–H groups in total. The maximum Gasteiger partial charge on any atom is 0.335 e.